The van der Waals surface area contributed by atoms with Gasteiger partial charge in [-0.2, -0.15) is 0 Å². The van der Waals surface area contributed by atoms with Crippen LogP contribution in [0.15, 0.2) is 12.3 Å². The molecule has 0 bridgehead atoms. The summed E-state index contributed by atoms with van der Waals surface area (Å²) in [5.41, 5.74) is 6.75. The van der Waals surface area contributed by atoms with Gasteiger partial charge in [0.05, 0.1) is 12.3 Å². The molecule has 102 valence electrons. The first-order valence-electron chi connectivity index (χ1n) is 6.21. The zero-order valence-corrected chi connectivity index (χ0v) is 11.5. The SMILES string of the molecule is CCOCC(C)OC(=O)c1cc(N)cn1C(C)C. The Morgan fingerprint density at radius 1 is 1.44 bits per heavy atom. The van der Waals surface area contributed by atoms with E-state index in [9.17, 15) is 4.79 Å². The molecule has 1 atom stereocenters. The molecule has 0 radical (unpaired) electrons. The topological polar surface area (TPSA) is 66.5 Å². The maximum absolute atomic E-state index is 12.0. The first-order valence-corrected chi connectivity index (χ1v) is 6.21. The summed E-state index contributed by atoms with van der Waals surface area (Å²) in [6.45, 7) is 8.69. The van der Waals surface area contributed by atoms with Crippen LogP contribution in [0.1, 0.15) is 44.2 Å². The number of carbonyl (C=O) groups excluding carboxylic acids is 1. The summed E-state index contributed by atoms with van der Waals surface area (Å²) in [6.07, 6.45) is 1.48. The summed E-state index contributed by atoms with van der Waals surface area (Å²) in [6, 6.07) is 1.79. The van der Waals surface area contributed by atoms with Crippen LogP contribution in [0.5, 0.6) is 0 Å². The van der Waals surface area contributed by atoms with Crippen molar-refractivity contribution in [2.75, 3.05) is 18.9 Å². The lowest BCUT2D eigenvalue weighted by molar-refractivity contribution is 0.00336. The van der Waals surface area contributed by atoms with Gasteiger partial charge in [0.1, 0.15) is 11.8 Å². The van der Waals surface area contributed by atoms with Crippen LogP contribution in [0, 0.1) is 0 Å². The van der Waals surface area contributed by atoms with Crippen LogP contribution in [-0.2, 0) is 9.47 Å². The van der Waals surface area contributed by atoms with Crippen molar-refractivity contribution in [3.63, 3.8) is 0 Å². The summed E-state index contributed by atoms with van der Waals surface area (Å²) in [5.74, 6) is -0.368. The molecular weight excluding hydrogens is 232 g/mol. The Kier molecular flexibility index (Phi) is 5.22. The van der Waals surface area contributed by atoms with Gasteiger partial charge in [-0.05, 0) is 33.8 Å². The molecule has 1 unspecified atom stereocenters. The molecule has 0 saturated carbocycles. The highest BCUT2D eigenvalue weighted by atomic mass is 16.6. The Bertz CT molecular complexity index is 399. The molecule has 0 saturated heterocycles. The third-order valence-corrected chi connectivity index (χ3v) is 2.50. The van der Waals surface area contributed by atoms with E-state index in [0.29, 0.717) is 24.6 Å². The van der Waals surface area contributed by atoms with Crippen LogP contribution in [0.2, 0.25) is 0 Å². The number of anilines is 1. The Balaban J connectivity index is 2.72. The van der Waals surface area contributed by atoms with Crippen molar-refractivity contribution in [3.05, 3.63) is 18.0 Å². The van der Waals surface area contributed by atoms with Gasteiger partial charge in [-0.15, -0.1) is 0 Å². The molecule has 0 aliphatic rings. The standard InChI is InChI=1S/C13H22N2O3/c1-5-17-8-10(4)18-13(16)12-6-11(14)7-15(12)9(2)3/h6-7,9-10H,5,8,14H2,1-4H3. The molecule has 0 aromatic carbocycles. The lowest BCUT2D eigenvalue weighted by atomic mass is 10.3. The third kappa shape index (κ3) is 3.77. The maximum Gasteiger partial charge on any atom is 0.355 e. The van der Waals surface area contributed by atoms with Crippen LogP contribution >= 0.6 is 0 Å². The largest absolute Gasteiger partial charge is 0.456 e. The molecule has 1 aromatic heterocycles. The highest BCUT2D eigenvalue weighted by Gasteiger charge is 2.18. The van der Waals surface area contributed by atoms with Crippen molar-refractivity contribution in [3.8, 4) is 0 Å². The fourth-order valence-electron chi connectivity index (χ4n) is 1.65. The van der Waals surface area contributed by atoms with E-state index in [2.05, 4.69) is 0 Å². The van der Waals surface area contributed by atoms with Gasteiger partial charge in [0, 0.05) is 18.8 Å². The zero-order chi connectivity index (χ0) is 13.7. The summed E-state index contributed by atoms with van der Waals surface area (Å²) in [5, 5.41) is 0. The molecule has 0 aliphatic heterocycles. The van der Waals surface area contributed by atoms with Crippen LogP contribution in [0.4, 0.5) is 5.69 Å². The van der Waals surface area contributed by atoms with Gasteiger partial charge in [-0.25, -0.2) is 4.79 Å². The normalized spacial score (nSPS) is 12.7. The summed E-state index contributed by atoms with van der Waals surface area (Å²) in [7, 11) is 0. The van der Waals surface area contributed by atoms with E-state index in [0.717, 1.165) is 0 Å². The Morgan fingerprint density at radius 3 is 2.67 bits per heavy atom. The van der Waals surface area contributed by atoms with E-state index < -0.39 is 0 Å². The Morgan fingerprint density at radius 2 is 2.11 bits per heavy atom. The van der Waals surface area contributed by atoms with Crippen LogP contribution in [-0.4, -0.2) is 29.9 Å². The lowest BCUT2D eigenvalue weighted by Crippen LogP contribution is -2.22. The zero-order valence-electron chi connectivity index (χ0n) is 11.5. The first kappa shape index (κ1) is 14.6. The van der Waals surface area contributed by atoms with E-state index in [4.69, 9.17) is 15.2 Å². The molecule has 18 heavy (non-hydrogen) atoms. The third-order valence-electron chi connectivity index (χ3n) is 2.50. The van der Waals surface area contributed by atoms with E-state index in [1.54, 1.807) is 19.2 Å². The second kappa shape index (κ2) is 6.44. The lowest BCUT2D eigenvalue weighted by Gasteiger charge is -2.15. The number of hydrogen-bond acceptors (Lipinski definition) is 4. The predicted octanol–water partition coefficient (Wildman–Crippen LogP) is 2.23. The van der Waals surface area contributed by atoms with Crippen molar-refractivity contribution in [2.45, 2.75) is 39.8 Å². The summed E-state index contributed by atoms with van der Waals surface area (Å²) in [4.78, 5) is 12.0. The van der Waals surface area contributed by atoms with Crippen molar-refractivity contribution in [1.29, 1.82) is 0 Å². The highest BCUT2D eigenvalue weighted by molar-refractivity contribution is 5.89. The van der Waals surface area contributed by atoms with Gasteiger partial charge in [-0.1, -0.05) is 0 Å². The summed E-state index contributed by atoms with van der Waals surface area (Å²) < 4.78 is 12.3. The number of rotatable bonds is 6. The number of nitrogens with zero attached hydrogens (tertiary/aromatic N) is 1. The second-order valence-electron chi connectivity index (χ2n) is 4.54. The monoisotopic (exact) mass is 254 g/mol. The predicted molar refractivity (Wildman–Crippen MR) is 70.6 cm³/mol. The summed E-state index contributed by atoms with van der Waals surface area (Å²) >= 11 is 0. The quantitative estimate of drug-likeness (QED) is 0.790. The van der Waals surface area contributed by atoms with E-state index in [1.807, 2.05) is 25.3 Å². The number of ether oxygens (including phenoxy) is 2. The first-order chi connectivity index (χ1) is 8.45. The van der Waals surface area contributed by atoms with Gasteiger partial charge in [0.25, 0.3) is 0 Å². The number of nitrogen functional groups attached to an aromatic ring is 1. The second-order valence-corrected chi connectivity index (χ2v) is 4.54. The number of nitrogens with two attached hydrogens (primary N) is 1. The minimum atomic E-state index is -0.368. The molecule has 0 spiro atoms. The van der Waals surface area contributed by atoms with Crippen molar-refractivity contribution in [2.24, 2.45) is 0 Å². The number of esters is 1. The van der Waals surface area contributed by atoms with E-state index in [1.165, 1.54) is 0 Å². The van der Waals surface area contributed by atoms with Crippen molar-refractivity contribution < 1.29 is 14.3 Å². The van der Waals surface area contributed by atoms with Gasteiger partial charge in [-0.3, -0.25) is 0 Å². The smallest absolute Gasteiger partial charge is 0.355 e. The molecule has 1 rings (SSSR count). The Hall–Kier alpha value is -1.49. The van der Waals surface area contributed by atoms with Crippen molar-refractivity contribution in [1.82, 2.24) is 4.57 Å². The maximum atomic E-state index is 12.0. The average Bonchev–Trinajstić information content (AvgIpc) is 2.69. The van der Waals surface area contributed by atoms with Crippen molar-refractivity contribution >= 4 is 11.7 Å². The molecule has 5 nitrogen and oxygen atoms in total. The van der Waals surface area contributed by atoms with Crippen LogP contribution in [0.3, 0.4) is 0 Å². The van der Waals surface area contributed by atoms with Gasteiger partial charge < -0.3 is 19.8 Å². The number of hydrogen-bond donors (Lipinski definition) is 1. The fraction of sp³-hybridized carbons (Fsp3) is 0.615. The highest BCUT2D eigenvalue weighted by Crippen LogP contribution is 2.17. The molecule has 0 fully saturated rings. The Labute approximate surface area is 108 Å². The minimum Gasteiger partial charge on any atom is -0.456 e. The molecule has 2 N–H and O–H groups in total. The average molecular weight is 254 g/mol. The molecule has 5 heteroatoms. The van der Waals surface area contributed by atoms with Gasteiger partial charge in [0.15, 0.2) is 0 Å². The number of carbonyl (C=O) groups is 1. The molecule has 0 aliphatic carbocycles. The molecule has 1 heterocycles. The van der Waals surface area contributed by atoms with E-state index in [-0.39, 0.29) is 18.1 Å². The molecular formula is C13H22N2O3. The van der Waals surface area contributed by atoms with Gasteiger partial charge in [0.2, 0.25) is 0 Å². The molecule has 0 amide bonds. The van der Waals surface area contributed by atoms with Crippen LogP contribution in [0.25, 0.3) is 0 Å². The van der Waals surface area contributed by atoms with Gasteiger partial charge >= 0.3 is 5.97 Å². The minimum absolute atomic E-state index is 0.159. The van der Waals surface area contributed by atoms with E-state index >= 15 is 0 Å². The fourth-order valence-corrected chi connectivity index (χ4v) is 1.65. The number of aromatic nitrogens is 1. The van der Waals surface area contributed by atoms with Crippen LogP contribution < -0.4 is 5.73 Å². The molecule has 1 aromatic rings.